The smallest absolute Gasteiger partial charge is 0.306 e. The molecule has 0 aliphatic heterocycles. The second kappa shape index (κ2) is 57.2. The molecule has 0 aromatic rings. The molecule has 6 nitrogen and oxygen atoms in total. The van der Waals surface area contributed by atoms with Crippen LogP contribution in [0.15, 0.2) is 36.5 Å². The summed E-state index contributed by atoms with van der Waals surface area (Å²) in [5, 5.41) is 0. The van der Waals surface area contributed by atoms with Gasteiger partial charge in [-0.3, -0.25) is 14.4 Å². The number of carbonyl (C=O) groups excluding carboxylic acids is 3. The Kier molecular flexibility index (Phi) is 55.2. The van der Waals surface area contributed by atoms with Crippen LogP contribution in [0.2, 0.25) is 0 Å². The lowest BCUT2D eigenvalue weighted by atomic mass is 10.0. The zero-order valence-electron chi connectivity index (χ0n) is 45.6. The summed E-state index contributed by atoms with van der Waals surface area (Å²) in [5.74, 6) is -0.860. The van der Waals surface area contributed by atoms with Crippen LogP contribution in [0.25, 0.3) is 0 Å². The van der Waals surface area contributed by atoms with Crippen molar-refractivity contribution in [3.8, 4) is 0 Å². The van der Waals surface area contributed by atoms with Crippen LogP contribution in [0.3, 0.4) is 0 Å². The Labute approximate surface area is 423 Å². The lowest BCUT2D eigenvalue weighted by molar-refractivity contribution is -0.167. The monoisotopic (exact) mass is 955 g/mol. The predicted octanol–water partition coefficient (Wildman–Crippen LogP) is 20.0. The summed E-state index contributed by atoms with van der Waals surface area (Å²) < 4.78 is 16.9. The maximum atomic E-state index is 12.9. The largest absolute Gasteiger partial charge is 0.462 e. The van der Waals surface area contributed by atoms with Gasteiger partial charge in [0.25, 0.3) is 0 Å². The molecule has 6 heteroatoms. The molecule has 398 valence electrons. The number of hydrogen-bond acceptors (Lipinski definition) is 6. The molecule has 0 saturated carbocycles. The zero-order chi connectivity index (χ0) is 49.3. The summed E-state index contributed by atoms with van der Waals surface area (Å²) in [6.45, 7) is 6.65. The van der Waals surface area contributed by atoms with Crippen molar-refractivity contribution in [1.82, 2.24) is 0 Å². The fraction of sp³-hybridized carbons (Fsp3) is 0.855. The van der Waals surface area contributed by atoms with Crippen molar-refractivity contribution in [1.29, 1.82) is 0 Å². The molecule has 0 fully saturated rings. The average Bonchev–Trinajstić information content (AvgIpc) is 3.34. The van der Waals surface area contributed by atoms with Crippen LogP contribution in [-0.4, -0.2) is 37.2 Å². The Morgan fingerprint density at radius 2 is 0.529 bits per heavy atom. The van der Waals surface area contributed by atoms with Crippen molar-refractivity contribution < 1.29 is 28.6 Å². The number of allylic oxidation sites excluding steroid dienone is 6. The first-order chi connectivity index (χ1) is 33.5. The second-order valence-corrected chi connectivity index (χ2v) is 20.3. The summed E-state index contributed by atoms with van der Waals surface area (Å²) in [5.41, 5.74) is 0. The SMILES string of the molecule is CCCCC/C=C\C/C=C\CCCCCCCCCCCC(=O)OC[C@@H](COC(=O)CCCCCCCCCCCCCCCC)OC(=O)CCCCCCCCC/C=C\CCCCCCCC. The number of rotatable bonds is 55. The van der Waals surface area contributed by atoms with Gasteiger partial charge in [0.05, 0.1) is 0 Å². The lowest BCUT2D eigenvalue weighted by Crippen LogP contribution is -2.30. The molecule has 0 amide bonds. The zero-order valence-corrected chi connectivity index (χ0v) is 45.6. The fourth-order valence-corrected chi connectivity index (χ4v) is 8.82. The van der Waals surface area contributed by atoms with Gasteiger partial charge in [0.1, 0.15) is 13.2 Å². The highest BCUT2D eigenvalue weighted by atomic mass is 16.6. The van der Waals surface area contributed by atoms with E-state index in [1.165, 1.54) is 218 Å². The number of carbonyl (C=O) groups is 3. The maximum absolute atomic E-state index is 12.9. The van der Waals surface area contributed by atoms with Crippen molar-refractivity contribution >= 4 is 17.9 Å². The van der Waals surface area contributed by atoms with Crippen LogP contribution >= 0.6 is 0 Å². The minimum atomic E-state index is -0.773. The molecule has 0 radical (unpaired) electrons. The molecule has 68 heavy (non-hydrogen) atoms. The molecule has 0 aliphatic carbocycles. The van der Waals surface area contributed by atoms with Crippen molar-refractivity contribution in [3.05, 3.63) is 36.5 Å². The quantitative estimate of drug-likeness (QED) is 0.0262. The van der Waals surface area contributed by atoms with Crippen molar-refractivity contribution in [2.24, 2.45) is 0 Å². The van der Waals surface area contributed by atoms with Gasteiger partial charge in [-0.15, -0.1) is 0 Å². The molecule has 0 saturated heterocycles. The van der Waals surface area contributed by atoms with Crippen molar-refractivity contribution in [3.63, 3.8) is 0 Å². The number of hydrogen-bond donors (Lipinski definition) is 0. The van der Waals surface area contributed by atoms with E-state index in [1.54, 1.807) is 0 Å². The Morgan fingerprint density at radius 1 is 0.294 bits per heavy atom. The molecule has 0 spiro atoms. The van der Waals surface area contributed by atoms with E-state index in [9.17, 15) is 14.4 Å². The van der Waals surface area contributed by atoms with Crippen LogP contribution in [0.1, 0.15) is 323 Å². The highest BCUT2D eigenvalue weighted by Crippen LogP contribution is 2.16. The average molecular weight is 956 g/mol. The maximum Gasteiger partial charge on any atom is 0.306 e. The van der Waals surface area contributed by atoms with E-state index in [0.717, 1.165) is 64.2 Å². The van der Waals surface area contributed by atoms with Crippen LogP contribution in [0.4, 0.5) is 0 Å². The van der Waals surface area contributed by atoms with Crippen LogP contribution in [-0.2, 0) is 28.6 Å². The highest BCUT2D eigenvalue weighted by Gasteiger charge is 2.19. The molecule has 0 heterocycles. The molecular formula is C62H114O6. The van der Waals surface area contributed by atoms with Crippen molar-refractivity contribution in [2.75, 3.05) is 13.2 Å². The van der Waals surface area contributed by atoms with E-state index in [0.29, 0.717) is 19.3 Å². The number of esters is 3. The van der Waals surface area contributed by atoms with E-state index in [4.69, 9.17) is 14.2 Å². The standard InChI is InChI=1S/C62H114O6/c1-4-7-10-13-16-19-22-25-28-30-31-33-34-37-40-43-46-49-52-55-61(64)67-58-59(57-66-60(63)54-51-48-45-42-39-36-27-24-21-18-15-12-9-6-3)68-62(65)56-53-50-47-44-41-38-35-32-29-26-23-20-17-14-11-8-5-2/h16,19,25-26,28-29,59H,4-15,17-18,20-24,27,30-58H2,1-3H3/b19-16-,28-25-,29-26-/t59-/m1/s1. The Morgan fingerprint density at radius 3 is 0.853 bits per heavy atom. The predicted molar refractivity (Wildman–Crippen MR) is 293 cm³/mol. The van der Waals surface area contributed by atoms with Gasteiger partial charge in [-0.05, 0) is 77.0 Å². The number of ether oxygens (including phenoxy) is 3. The van der Waals surface area contributed by atoms with Crippen molar-refractivity contribution in [2.45, 2.75) is 329 Å². The van der Waals surface area contributed by atoms with Gasteiger partial charge in [-0.1, -0.05) is 263 Å². The fourth-order valence-electron chi connectivity index (χ4n) is 8.82. The molecule has 0 unspecified atom stereocenters. The highest BCUT2D eigenvalue weighted by molar-refractivity contribution is 5.71. The van der Waals surface area contributed by atoms with Crippen LogP contribution in [0.5, 0.6) is 0 Å². The van der Waals surface area contributed by atoms with Gasteiger partial charge in [0, 0.05) is 19.3 Å². The van der Waals surface area contributed by atoms with E-state index < -0.39 is 6.10 Å². The summed E-state index contributed by atoms with van der Waals surface area (Å²) in [4.78, 5) is 38.2. The minimum Gasteiger partial charge on any atom is -0.462 e. The van der Waals surface area contributed by atoms with Gasteiger partial charge in [-0.25, -0.2) is 0 Å². The molecule has 0 N–H and O–H groups in total. The van der Waals surface area contributed by atoms with E-state index in [1.807, 2.05) is 0 Å². The van der Waals surface area contributed by atoms with Gasteiger partial charge >= 0.3 is 17.9 Å². The molecule has 1 atom stereocenters. The third-order valence-electron chi connectivity index (χ3n) is 13.4. The minimum absolute atomic E-state index is 0.0712. The molecule has 0 aliphatic rings. The molecule has 0 bridgehead atoms. The molecule has 0 aromatic heterocycles. The molecule has 0 aromatic carbocycles. The first-order valence-electron chi connectivity index (χ1n) is 30.0. The molecular weight excluding hydrogens is 841 g/mol. The third-order valence-corrected chi connectivity index (χ3v) is 13.4. The summed E-state index contributed by atoms with van der Waals surface area (Å²) in [6.07, 6.45) is 68.4. The third kappa shape index (κ3) is 54.6. The molecule has 0 rings (SSSR count). The summed E-state index contributed by atoms with van der Waals surface area (Å²) in [6, 6.07) is 0. The van der Waals surface area contributed by atoms with E-state index >= 15 is 0 Å². The summed E-state index contributed by atoms with van der Waals surface area (Å²) in [7, 11) is 0. The number of unbranched alkanes of at least 4 members (excludes halogenated alkanes) is 38. The van der Waals surface area contributed by atoms with Gasteiger partial charge < -0.3 is 14.2 Å². The van der Waals surface area contributed by atoms with E-state index in [-0.39, 0.29) is 31.1 Å². The Bertz CT molecular complexity index is 1140. The topological polar surface area (TPSA) is 78.9 Å². The second-order valence-electron chi connectivity index (χ2n) is 20.3. The Hall–Kier alpha value is -2.37. The van der Waals surface area contributed by atoms with Gasteiger partial charge in [0.15, 0.2) is 6.10 Å². The Balaban J connectivity index is 4.34. The lowest BCUT2D eigenvalue weighted by Gasteiger charge is -2.18. The van der Waals surface area contributed by atoms with Gasteiger partial charge in [0.2, 0.25) is 0 Å². The summed E-state index contributed by atoms with van der Waals surface area (Å²) >= 11 is 0. The van der Waals surface area contributed by atoms with Gasteiger partial charge in [-0.2, -0.15) is 0 Å². The van der Waals surface area contributed by atoms with Crippen LogP contribution < -0.4 is 0 Å². The first-order valence-corrected chi connectivity index (χ1v) is 30.0. The first kappa shape index (κ1) is 65.6. The van der Waals surface area contributed by atoms with Crippen LogP contribution in [0, 0.1) is 0 Å². The van der Waals surface area contributed by atoms with E-state index in [2.05, 4.69) is 57.2 Å². The normalized spacial score (nSPS) is 12.2.